The van der Waals surface area contributed by atoms with Gasteiger partial charge in [0.25, 0.3) is 0 Å². The molecular weight excluding hydrogens is 188 g/mol. The highest BCUT2D eigenvalue weighted by Gasteiger charge is 2.06. The third-order valence-corrected chi connectivity index (χ3v) is 2.59. The van der Waals surface area contributed by atoms with Gasteiger partial charge >= 0.3 is 5.97 Å². The summed E-state index contributed by atoms with van der Waals surface area (Å²) in [4.78, 5) is 10.8. The molecule has 1 rings (SSSR count). The minimum absolute atomic E-state index is 0.388. The summed E-state index contributed by atoms with van der Waals surface area (Å²) >= 11 is 0. The van der Waals surface area contributed by atoms with Crippen LogP contribution in [0.25, 0.3) is 0 Å². The Labute approximate surface area is 90.9 Å². The van der Waals surface area contributed by atoms with Gasteiger partial charge in [-0.1, -0.05) is 19.9 Å². The second-order valence-electron chi connectivity index (χ2n) is 4.38. The van der Waals surface area contributed by atoms with Crippen LogP contribution in [0.5, 0.6) is 0 Å². The van der Waals surface area contributed by atoms with Gasteiger partial charge in [0.15, 0.2) is 0 Å². The minimum Gasteiger partial charge on any atom is -0.478 e. The Morgan fingerprint density at radius 3 is 2.60 bits per heavy atom. The third kappa shape index (κ3) is 3.39. The molecule has 0 radical (unpaired) electrons. The maximum atomic E-state index is 10.8. The topological polar surface area (TPSA) is 37.3 Å². The van der Waals surface area contributed by atoms with Crippen LogP contribution in [0, 0.1) is 12.8 Å². The SMILES string of the molecule is Cc1ccc(C(=O)O)cc1CCC(C)C. The van der Waals surface area contributed by atoms with E-state index >= 15 is 0 Å². The molecule has 15 heavy (non-hydrogen) atoms. The first-order chi connectivity index (χ1) is 7.00. The number of aryl methyl sites for hydroxylation is 2. The lowest BCUT2D eigenvalue weighted by molar-refractivity contribution is 0.0697. The Bertz CT molecular complexity index is 354. The van der Waals surface area contributed by atoms with Gasteiger partial charge in [-0.2, -0.15) is 0 Å². The summed E-state index contributed by atoms with van der Waals surface area (Å²) in [6.07, 6.45) is 2.06. The van der Waals surface area contributed by atoms with Gasteiger partial charge in [0.05, 0.1) is 5.56 Å². The quantitative estimate of drug-likeness (QED) is 0.820. The Morgan fingerprint density at radius 2 is 2.07 bits per heavy atom. The molecule has 82 valence electrons. The van der Waals surface area contributed by atoms with Crippen LogP contribution in [0.2, 0.25) is 0 Å². The van der Waals surface area contributed by atoms with Crippen molar-refractivity contribution in [3.8, 4) is 0 Å². The lowest BCUT2D eigenvalue weighted by Crippen LogP contribution is -2.00. The molecular formula is C13H18O2. The van der Waals surface area contributed by atoms with Crippen molar-refractivity contribution in [3.05, 3.63) is 34.9 Å². The third-order valence-electron chi connectivity index (χ3n) is 2.59. The van der Waals surface area contributed by atoms with Gasteiger partial charge in [0.2, 0.25) is 0 Å². The zero-order valence-corrected chi connectivity index (χ0v) is 9.58. The van der Waals surface area contributed by atoms with Gasteiger partial charge < -0.3 is 5.11 Å². The highest BCUT2D eigenvalue weighted by molar-refractivity contribution is 5.87. The summed E-state index contributed by atoms with van der Waals surface area (Å²) in [5.74, 6) is -0.196. The Kier molecular flexibility index (Phi) is 3.89. The van der Waals surface area contributed by atoms with E-state index in [1.54, 1.807) is 12.1 Å². The molecule has 2 heteroatoms. The number of rotatable bonds is 4. The molecule has 0 saturated carbocycles. The normalized spacial score (nSPS) is 10.7. The first kappa shape index (κ1) is 11.8. The minimum atomic E-state index is -0.846. The van der Waals surface area contributed by atoms with Crippen molar-refractivity contribution in [1.82, 2.24) is 0 Å². The predicted molar refractivity (Wildman–Crippen MR) is 61.3 cm³/mol. The molecule has 1 aromatic carbocycles. The fraction of sp³-hybridized carbons (Fsp3) is 0.462. The lowest BCUT2D eigenvalue weighted by Gasteiger charge is -2.08. The molecule has 0 aromatic heterocycles. The van der Waals surface area contributed by atoms with Crippen LogP contribution < -0.4 is 0 Å². The van der Waals surface area contributed by atoms with Gasteiger partial charge in [-0.25, -0.2) is 4.79 Å². The van der Waals surface area contributed by atoms with Crippen molar-refractivity contribution in [3.63, 3.8) is 0 Å². The Balaban J connectivity index is 2.85. The Hall–Kier alpha value is -1.31. The molecule has 2 nitrogen and oxygen atoms in total. The van der Waals surface area contributed by atoms with E-state index in [0.717, 1.165) is 18.4 Å². The van der Waals surface area contributed by atoms with Crippen molar-refractivity contribution in [1.29, 1.82) is 0 Å². The van der Waals surface area contributed by atoms with Gasteiger partial charge in [-0.3, -0.25) is 0 Å². The summed E-state index contributed by atoms with van der Waals surface area (Å²) in [7, 11) is 0. The molecule has 0 bridgehead atoms. The van der Waals surface area contributed by atoms with Crippen LogP contribution in [0.4, 0.5) is 0 Å². The molecule has 0 atom stereocenters. The first-order valence-corrected chi connectivity index (χ1v) is 5.33. The molecule has 0 aliphatic heterocycles. The van der Waals surface area contributed by atoms with E-state index in [0.29, 0.717) is 11.5 Å². The highest BCUT2D eigenvalue weighted by atomic mass is 16.4. The van der Waals surface area contributed by atoms with E-state index in [9.17, 15) is 4.79 Å². The number of hydrogen-bond donors (Lipinski definition) is 1. The second-order valence-corrected chi connectivity index (χ2v) is 4.38. The lowest BCUT2D eigenvalue weighted by atomic mass is 9.97. The molecule has 0 heterocycles. The van der Waals surface area contributed by atoms with Crippen molar-refractivity contribution in [2.45, 2.75) is 33.6 Å². The monoisotopic (exact) mass is 206 g/mol. The van der Waals surface area contributed by atoms with Crippen molar-refractivity contribution >= 4 is 5.97 Å². The van der Waals surface area contributed by atoms with E-state index in [4.69, 9.17) is 5.11 Å². The fourth-order valence-corrected chi connectivity index (χ4v) is 1.52. The standard InChI is InChI=1S/C13H18O2/c1-9(2)4-6-11-8-12(13(14)15)7-5-10(11)3/h5,7-9H,4,6H2,1-3H3,(H,14,15). The number of hydrogen-bond acceptors (Lipinski definition) is 1. The summed E-state index contributed by atoms with van der Waals surface area (Å²) in [6.45, 7) is 6.38. The summed E-state index contributed by atoms with van der Waals surface area (Å²) in [6, 6.07) is 5.34. The molecule has 0 unspecified atom stereocenters. The molecule has 0 aliphatic rings. The second kappa shape index (κ2) is 4.96. The number of carboxylic acids is 1. The molecule has 0 spiro atoms. The predicted octanol–water partition coefficient (Wildman–Crippen LogP) is 3.28. The zero-order chi connectivity index (χ0) is 11.4. The van der Waals surface area contributed by atoms with Crippen LogP contribution in [0.15, 0.2) is 18.2 Å². The average molecular weight is 206 g/mol. The van der Waals surface area contributed by atoms with Crippen LogP contribution in [0.3, 0.4) is 0 Å². The van der Waals surface area contributed by atoms with Crippen LogP contribution >= 0.6 is 0 Å². The molecule has 1 aromatic rings. The van der Waals surface area contributed by atoms with E-state index in [-0.39, 0.29) is 0 Å². The van der Waals surface area contributed by atoms with Crippen LogP contribution in [-0.4, -0.2) is 11.1 Å². The fourth-order valence-electron chi connectivity index (χ4n) is 1.52. The Morgan fingerprint density at radius 1 is 1.40 bits per heavy atom. The summed E-state index contributed by atoms with van der Waals surface area (Å²) in [5.41, 5.74) is 2.73. The maximum absolute atomic E-state index is 10.8. The highest BCUT2D eigenvalue weighted by Crippen LogP contribution is 2.15. The van der Waals surface area contributed by atoms with Crippen molar-refractivity contribution < 1.29 is 9.90 Å². The van der Waals surface area contributed by atoms with Crippen LogP contribution in [-0.2, 0) is 6.42 Å². The van der Waals surface area contributed by atoms with E-state index in [2.05, 4.69) is 13.8 Å². The maximum Gasteiger partial charge on any atom is 0.335 e. The number of carbonyl (C=O) groups is 1. The van der Waals surface area contributed by atoms with Crippen molar-refractivity contribution in [2.24, 2.45) is 5.92 Å². The molecule has 0 amide bonds. The van der Waals surface area contributed by atoms with Gasteiger partial charge in [0.1, 0.15) is 0 Å². The van der Waals surface area contributed by atoms with Crippen LogP contribution in [0.1, 0.15) is 41.8 Å². The molecule has 1 N–H and O–H groups in total. The first-order valence-electron chi connectivity index (χ1n) is 5.33. The van der Waals surface area contributed by atoms with E-state index < -0.39 is 5.97 Å². The largest absolute Gasteiger partial charge is 0.478 e. The number of aromatic carboxylic acids is 1. The summed E-state index contributed by atoms with van der Waals surface area (Å²) in [5, 5.41) is 8.88. The number of carboxylic acid groups (broad SMARTS) is 1. The molecule has 0 fully saturated rings. The average Bonchev–Trinajstić information content (AvgIpc) is 2.16. The van der Waals surface area contributed by atoms with Gasteiger partial charge in [0, 0.05) is 0 Å². The molecule has 0 saturated heterocycles. The van der Waals surface area contributed by atoms with Gasteiger partial charge in [-0.05, 0) is 48.9 Å². The smallest absolute Gasteiger partial charge is 0.335 e. The van der Waals surface area contributed by atoms with E-state index in [1.165, 1.54) is 5.56 Å². The number of benzene rings is 1. The summed E-state index contributed by atoms with van der Waals surface area (Å²) < 4.78 is 0. The van der Waals surface area contributed by atoms with E-state index in [1.807, 2.05) is 13.0 Å². The van der Waals surface area contributed by atoms with Gasteiger partial charge in [-0.15, -0.1) is 0 Å². The van der Waals surface area contributed by atoms with Crippen molar-refractivity contribution in [2.75, 3.05) is 0 Å². The molecule has 0 aliphatic carbocycles. The zero-order valence-electron chi connectivity index (χ0n) is 9.58.